The van der Waals surface area contributed by atoms with Crippen LogP contribution in [0.1, 0.15) is 22.3 Å². The third-order valence-electron chi connectivity index (χ3n) is 5.92. The predicted octanol–water partition coefficient (Wildman–Crippen LogP) is 9.77. The molecule has 0 N–H and O–H groups in total. The molecule has 5 rings (SSSR count). The summed E-state index contributed by atoms with van der Waals surface area (Å²) in [6.07, 6.45) is 3.86. The molecule has 5 aromatic rings. The van der Waals surface area contributed by atoms with E-state index in [0.29, 0.717) is 0 Å². The number of rotatable bonds is 10. The lowest BCUT2D eigenvalue weighted by Crippen LogP contribution is -1.91. The van der Waals surface area contributed by atoms with Crippen LogP contribution in [0.3, 0.4) is 0 Å². The van der Waals surface area contributed by atoms with Crippen LogP contribution in [-0.4, -0.2) is 12.4 Å². The molecule has 0 aliphatic heterocycles. The lowest BCUT2D eigenvalue weighted by Gasteiger charge is -2.11. The highest BCUT2D eigenvalue weighted by molar-refractivity contribution is 7.99. The monoisotopic (exact) mass is 528 g/mol. The van der Waals surface area contributed by atoms with Gasteiger partial charge in [0.1, 0.15) is 0 Å². The number of nitrogens with zero attached hydrogens (tertiary/aromatic N) is 2. The van der Waals surface area contributed by atoms with Gasteiger partial charge in [0.15, 0.2) is 0 Å². The van der Waals surface area contributed by atoms with E-state index in [1.54, 1.807) is 0 Å². The lowest BCUT2D eigenvalue weighted by atomic mass is 10.1. The normalized spacial score (nSPS) is 11.4. The Bertz CT molecular complexity index is 1400. The number of para-hydroxylation sites is 2. The van der Waals surface area contributed by atoms with E-state index in [1.807, 2.05) is 84.5 Å². The largest absolute Gasteiger partial charge is 0.255 e. The summed E-state index contributed by atoms with van der Waals surface area (Å²) in [5, 5.41) is 0. The Morgan fingerprint density at radius 3 is 1.24 bits per heavy atom. The van der Waals surface area contributed by atoms with E-state index in [0.717, 1.165) is 34.0 Å². The third-order valence-corrected chi connectivity index (χ3v) is 8.14. The summed E-state index contributed by atoms with van der Waals surface area (Å²) in [7, 11) is 0. The minimum atomic E-state index is 0.891. The van der Waals surface area contributed by atoms with E-state index in [4.69, 9.17) is 9.98 Å². The first-order valence-corrected chi connectivity index (χ1v) is 14.5. The van der Waals surface area contributed by atoms with Crippen molar-refractivity contribution in [2.75, 3.05) is 0 Å². The summed E-state index contributed by atoms with van der Waals surface area (Å²) in [4.78, 5) is 11.9. The summed E-state index contributed by atoms with van der Waals surface area (Å²) >= 11 is 3.67. The average Bonchev–Trinajstić information content (AvgIpc) is 2.99. The fraction of sp³-hybridized carbons (Fsp3) is 0.0588. The average molecular weight is 529 g/mol. The highest BCUT2D eigenvalue weighted by atomic mass is 32.2. The highest BCUT2D eigenvalue weighted by Crippen LogP contribution is 2.35. The molecule has 186 valence electrons. The summed E-state index contributed by atoms with van der Waals surface area (Å²) in [6.45, 7) is 0. The van der Waals surface area contributed by atoms with Crippen LogP contribution in [0.15, 0.2) is 153 Å². The van der Waals surface area contributed by atoms with Gasteiger partial charge in [-0.15, -0.1) is 23.5 Å². The maximum Gasteiger partial charge on any atom is 0.0765 e. The van der Waals surface area contributed by atoms with Gasteiger partial charge < -0.3 is 0 Å². The molecule has 2 nitrogen and oxygen atoms in total. The van der Waals surface area contributed by atoms with Crippen molar-refractivity contribution in [2.45, 2.75) is 21.3 Å². The van der Waals surface area contributed by atoms with Crippen LogP contribution in [0.5, 0.6) is 0 Å². The molecule has 0 atom stereocenters. The van der Waals surface area contributed by atoms with Gasteiger partial charge in [-0.1, -0.05) is 109 Å². The Labute approximate surface area is 233 Å². The predicted molar refractivity (Wildman–Crippen MR) is 166 cm³/mol. The molecule has 4 heteroatoms. The number of benzene rings is 5. The van der Waals surface area contributed by atoms with Crippen molar-refractivity contribution in [1.29, 1.82) is 0 Å². The Kier molecular flexibility index (Phi) is 9.24. The van der Waals surface area contributed by atoms with Gasteiger partial charge in [-0.2, -0.15) is 0 Å². The molecule has 0 spiro atoms. The molecule has 0 radical (unpaired) electrons. The van der Waals surface area contributed by atoms with Crippen molar-refractivity contribution in [3.63, 3.8) is 0 Å². The minimum absolute atomic E-state index is 0.891. The summed E-state index contributed by atoms with van der Waals surface area (Å²) in [5.74, 6) is 1.78. The first-order chi connectivity index (χ1) is 18.8. The van der Waals surface area contributed by atoms with E-state index in [9.17, 15) is 0 Å². The molecule has 0 aliphatic carbocycles. The van der Waals surface area contributed by atoms with Gasteiger partial charge in [0, 0.05) is 33.7 Å². The summed E-state index contributed by atoms with van der Waals surface area (Å²) < 4.78 is 0. The van der Waals surface area contributed by atoms with Crippen molar-refractivity contribution >= 4 is 47.3 Å². The fourth-order valence-electron chi connectivity index (χ4n) is 3.89. The van der Waals surface area contributed by atoms with E-state index in [-0.39, 0.29) is 0 Å². The van der Waals surface area contributed by atoms with E-state index in [1.165, 1.54) is 20.9 Å². The van der Waals surface area contributed by atoms with Gasteiger partial charge in [0.05, 0.1) is 11.4 Å². The zero-order valence-electron chi connectivity index (χ0n) is 21.0. The first-order valence-electron chi connectivity index (χ1n) is 12.5. The quantitative estimate of drug-likeness (QED) is 0.133. The molecule has 0 fully saturated rings. The van der Waals surface area contributed by atoms with Crippen LogP contribution < -0.4 is 0 Å². The molecule has 0 unspecified atom stereocenters. The molecule has 0 aliphatic rings. The Balaban J connectivity index is 1.27. The van der Waals surface area contributed by atoms with Crippen LogP contribution in [0, 0.1) is 0 Å². The Hall–Kier alpha value is -3.86. The van der Waals surface area contributed by atoms with Gasteiger partial charge in [0.25, 0.3) is 0 Å². The smallest absolute Gasteiger partial charge is 0.0765 e. The SMILES string of the molecule is C(=Nc1ccccc1SCc1ccccc1CSc1ccccc1N=Cc1ccccc1)c1ccccc1. The van der Waals surface area contributed by atoms with Crippen LogP contribution in [-0.2, 0) is 11.5 Å². The number of hydrogen-bond donors (Lipinski definition) is 0. The molecule has 0 heterocycles. The summed E-state index contributed by atoms with van der Waals surface area (Å²) in [6, 6.07) is 45.9. The van der Waals surface area contributed by atoms with Crippen molar-refractivity contribution in [1.82, 2.24) is 0 Å². The van der Waals surface area contributed by atoms with Crippen molar-refractivity contribution in [2.24, 2.45) is 9.98 Å². The zero-order valence-corrected chi connectivity index (χ0v) is 22.6. The lowest BCUT2D eigenvalue weighted by molar-refractivity contribution is 1.26. The maximum atomic E-state index is 4.77. The van der Waals surface area contributed by atoms with Crippen LogP contribution in [0.2, 0.25) is 0 Å². The molecule has 0 amide bonds. The topological polar surface area (TPSA) is 24.7 Å². The first kappa shape index (κ1) is 25.8. The zero-order chi connectivity index (χ0) is 25.8. The van der Waals surface area contributed by atoms with Crippen LogP contribution >= 0.6 is 23.5 Å². The van der Waals surface area contributed by atoms with Gasteiger partial charge in [-0.25, -0.2) is 0 Å². The standard InChI is InChI=1S/C34H28N2S2/c1-3-13-27(14-4-1)23-35-31-19-9-11-21-33(31)37-25-29-17-7-8-18-30(29)26-38-34-22-12-10-20-32(34)36-24-28-15-5-2-6-16-28/h1-24H,25-26H2. The van der Waals surface area contributed by atoms with Crippen molar-refractivity contribution < 1.29 is 0 Å². The van der Waals surface area contributed by atoms with Gasteiger partial charge >= 0.3 is 0 Å². The second kappa shape index (κ2) is 13.6. The highest BCUT2D eigenvalue weighted by Gasteiger charge is 2.08. The van der Waals surface area contributed by atoms with Gasteiger partial charge in [-0.05, 0) is 46.5 Å². The molecular weight excluding hydrogens is 501 g/mol. The fourth-order valence-corrected chi connectivity index (χ4v) is 5.96. The van der Waals surface area contributed by atoms with Crippen LogP contribution in [0.4, 0.5) is 11.4 Å². The minimum Gasteiger partial charge on any atom is -0.255 e. The number of thioether (sulfide) groups is 2. The second-order valence-corrected chi connectivity index (χ2v) is 10.7. The Morgan fingerprint density at radius 1 is 0.421 bits per heavy atom. The molecule has 5 aromatic carbocycles. The molecule has 0 saturated heterocycles. The van der Waals surface area contributed by atoms with Gasteiger partial charge in [-0.3, -0.25) is 9.98 Å². The number of aliphatic imine (C=N–C) groups is 2. The molecule has 0 aromatic heterocycles. The molecule has 0 bridgehead atoms. The van der Waals surface area contributed by atoms with E-state index >= 15 is 0 Å². The van der Waals surface area contributed by atoms with E-state index < -0.39 is 0 Å². The van der Waals surface area contributed by atoms with Crippen molar-refractivity contribution in [3.05, 3.63) is 156 Å². The molecule has 0 saturated carbocycles. The Morgan fingerprint density at radius 2 is 0.789 bits per heavy atom. The van der Waals surface area contributed by atoms with Crippen LogP contribution in [0.25, 0.3) is 0 Å². The van der Waals surface area contributed by atoms with Gasteiger partial charge in [0.2, 0.25) is 0 Å². The molecule has 38 heavy (non-hydrogen) atoms. The third kappa shape index (κ3) is 7.34. The van der Waals surface area contributed by atoms with E-state index in [2.05, 4.69) is 84.9 Å². The molecular formula is C34H28N2S2. The summed E-state index contributed by atoms with van der Waals surface area (Å²) in [5.41, 5.74) is 6.89. The number of hydrogen-bond acceptors (Lipinski definition) is 4. The second-order valence-electron chi connectivity index (χ2n) is 8.62. The maximum absolute atomic E-state index is 4.77. The van der Waals surface area contributed by atoms with Crippen molar-refractivity contribution in [3.8, 4) is 0 Å².